The molecule has 2 aromatic heterocycles. The summed E-state index contributed by atoms with van der Waals surface area (Å²) >= 11 is 0. The molecule has 1 aromatic carbocycles. The molecule has 3 heterocycles. The van der Waals surface area contributed by atoms with Gasteiger partial charge in [-0.25, -0.2) is 23.1 Å². The van der Waals surface area contributed by atoms with E-state index < -0.39 is 41.6 Å². The van der Waals surface area contributed by atoms with Crippen LogP contribution in [0.2, 0.25) is 0 Å². The number of amides is 1. The quantitative estimate of drug-likeness (QED) is 0.421. The molecule has 1 aliphatic heterocycles. The molecule has 0 spiro atoms. The number of carbonyl (C=O) groups is 1. The van der Waals surface area contributed by atoms with Crippen molar-refractivity contribution in [3.8, 4) is 0 Å². The second-order valence-corrected chi connectivity index (χ2v) is 8.84. The Labute approximate surface area is 197 Å². The summed E-state index contributed by atoms with van der Waals surface area (Å²) in [4.78, 5) is 37.9. The van der Waals surface area contributed by atoms with E-state index in [1.807, 2.05) is 4.90 Å². The van der Waals surface area contributed by atoms with Crippen LogP contribution in [-0.2, 0) is 6.54 Å². The van der Waals surface area contributed by atoms with Crippen LogP contribution >= 0.6 is 0 Å². The Morgan fingerprint density at radius 1 is 1.14 bits per heavy atom. The molecule has 35 heavy (non-hydrogen) atoms. The van der Waals surface area contributed by atoms with Crippen LogP contribution in [0.15, 0.2) is 29.1 Å². The highest BCUT2D eigenvalue weighted by Crippen LogP contribution is 2.41. The fourth-order valence-corrected chi connectivity index (χ4v) is 4.16. The number of alkyl halides is 2. The second kappa shape index (κ2) is 8.59. The number of H-pyrrole nitrogens is 1. The number of aromatic nitrogens is 3. The Morgan fingerprint density at radius 2 is 1.86 bits per heavy atom. The Bertz CT molecular complexity index is 1370. The Kier molecular flexibility index (Phi) is 5.70. The van der Waals surface area contributed by atoms with Crippen molar-refractivity contribution >= 4 is 22.6 Å². The van der Waals surface area contributed by atoms with Gasteiger partial charge < -0.3 is 15.2 Å². The zero-order valence-electron chi connectivity index (χ0n) is 18.7. The van der Waals surface area contributed by atoms with E-state index in [4.69, 9.17) is 0 Å². The third-order valence-corrected chi connectivity index (χ3v) is 6.36. The van der Waals surface area contributed by atoms with Gasteiger partial charge in [0.15, 0.2) is 5.82 Å². The van der Waals surface area contributed by atoms with Gasteiger partial charge in [-0.15, -0.1) is 0 Å². The van der Waals surface area contributed by atoms with Crippen molar-refractivity contribution in [3.05, 3.63) is 63.3 Å². The third kappa shape index (κ3) is 4.57. The third-order valence-electron chi connectivity index (χ3n) is 6.36. The van der Waals surface area contributed by atoms with Crippen molar-refractivity contribution in [3.63, 3.8) is 0 Å². The van der Waals surface area contributed by atoms with Crippen LogP contribution in [0.3, 0.4) is 0 Å². The normalized spacial score (nSPS) is 19.7. The minimum Gasteiger partial charge on any atom is -0.365 e. The summed E-state index contributed by atoms with van der Waals surface area (Å²) < 4.78 is 55.6. The minimum atomic E-state index is -2.92. The zero-order chi connectivity index (χ0) is 24.9. The maximum absolute atomic E-state index is 15.0. The molecule has 3 aromatic rings. The van der Waals surface area contributed by atoms with E-state index in [-0.39, 0.29) is 22.6 Å². The summed E-state index contributed by atoms with van der Waals surface area (Å²) in [5, 5.41) is 2.14. The molecule has 5 rings (SSSR count). The van der Waals surface area contributed by atoms with Crippen molar-refractivity contribution < 1.29 is 22.4 Å². The summed E-state index contributed by atoms with van der Waals surface area (Å²) in [5.74, 6) is -5.15. The zero-order valence-corrected chi connectivity index (χ0v) is 18.7. The number of pyridine rings is 1. The maximum atomic E-state index is 15.0. The predicted molar refractivity (Wildman–Crippen MR) is 120 cm³/mol. The van der Waals surface area contributed by atoms with Gasteiger partial charge in [-0.05, 0) is 25.1 Å². The average Bonchev–Trinajstić information content (AvgIpc) is 3.43. The lowest BCUT2D eigenvalue weighted by Crippen LogP contribution is -2.46. The number of carbonyl (C=O) groups excluding carboxylic acids is 1. The second-order valence-electron chi connectivity index (χ2n) is 8.84. The van der Waals surface area contributed by atoms with Gasteiger partial charge in [-0.1, -0.05) is 6.07 Å². The standard InChI is InChI=1S/C23H22F4N6O2/c1-12-21(34)31-19-14(28-12)3-2-13(18(19)24)11-32-6-8-33(9-7-32)16-5-4-15(29-20(16)25)22(35)30-17-10-23(17,26)27/h2-5,17H,6-11H2,1H3,(H,30,35)(H,31,34)/t17-/m0/s1. The molecule has 1 aliphatic carbocycles. The summed E-state index contributed by atoms with van der Waals surface area (Å²) in [6.07, 6.45) is -0.429. The predicted octanol–water partition coefficient (Wildman–Crippen LogP) is 2.36. The first kappa shape index (κ1) is 23.2. The van der Waals surface area contributed by atoms with Crippen molar-refractivity contribution in [1.29, 1.82) is 0 Å². The first-order valence-electron chi connectivity index (χ1n) is 11.1. The van der Waals surface area contributed by atoms with Crippen LogP contribution in [-0.4, -0.2) is 63.9 Å². The number of aryl methyl sites for hydroxylation is 1. The van der Waals surface area contributed by atoms with Gasteiger partial charge in [0.1, 0.15) is 16.9 Å². The largest absolute Gasteiger partial charge is 0.365 e. The van der Waals surface area contributed by atoms with E-state index in [1.54, 1.807) is 24.0 Å². The lowest BCUT2D eigenvalue weighted by atomic mass is 10.1. The monoisotopic (exact) mass is 490 g/mol. The number of halogens is 4. The van der Waals surface area contributed by atoms with Crippen molar-refractivity contribution in [2.45, 2.75) is 31.9 Å². The number of piperazine rings is 1. The number of nitrogens with one attached hydrogen (secondary N) is 2. The van der Waals surface area contributed by atoms with E-state index in [9.17, 15) is 27.2 Å². The van der Waals surface area contributed by atoms with Gasteiger partial charge in [-0.2, -0.15) is 4.39 Å². The smallest absolute Gasteiger partial charge is 0.270 e. The molecule has 0 bridgehead atoms. The number of nitrogens with zero attached hydrogens (tertiary/aromatic N) is 4. The highest BCUT2D eigenvalue weighted by atomic mass is 19.3. The fraction of sp³-hybridized carbons (Fsp3) is 0.391. The van der Waals surface area contributed by atoms with Crippen LogP contribution in [0.4, 0.5) is 23.2 Å². The number of aromatic amines is 1. The SMILES string of the molecule is Cc1nc2ccc(CN3CCN(c4ccc(C(=O)N[C@H]5CC5(F)F)nc4F)CC3)c(F)c2[nH]c1=O. The lowest BCUT2D eigenvalue weighted by molar-refractivity contribution is 0.0844. The van der Waals surface area contributed by atoms with E-state index in [2.05, 4.69) is 20.3 Å². The first-order valence-corrected chi connectivity index (χ1v) is 11.1. The number of hydrogen-bond acceptors (Lipinski definition) is 6. The number of anilines is 1. The van der Waals surface area contributed by atoms with E-state index in [0.29, 0.717) is 43.8 Å². The van der Waals surface area contributed by atoms with Crippen LogP contribution in [0.25, 0.3) is 11.0 Å². The molecule has 1 saturated heterocycles. The molecule has 8 nitrogen and oxygen atoms in total. The molecule has 12 heteroatoms. The molecule has 184 valence electrons. The molecule has 1 atom stereocenters. The number of hydrogen-bond donors (Lipinski definition) is 2. The van der Waals surface area contributed by atoms with Gasteiger partial charge in [0.05, 0.1) is 17.2 Å². The average molecular weight is 490 g/mol. The maximum Gasteiger partial charge on any atom is 0.270 e. The molecule has 0 unspecified atom stereocenters. The first-order chi connectivity index (χ1) is 16.6. The number of rotatable bonds is 5. The fourth-order valence-electron chi connectivity index (χ4n) is 4.16. The molecule has 1 saturated carbocycles. The molecular formula is C23H22F4N6O2. The van der Waals surface area contributed by atoms with Crippen LogP contribution in [0, 0.1) is 18.7 Å². The molecule has 2 fully saturated rings. The molecular weight excluding hydrogens is 468 g/mol. The van der Waals surface area contributed by atoms with E-state index in [0.717, 1.165) is 0 Å². The highest BCUT2D eigenvalue weighted by Gasteiger charge is 2.58. The van der Waals surface area contributed by atoms with E-state index >= 15 is 0 Å². The minimum absolute atomic E-state index is 0.0689. The highest BCUT2D eigenvalue weighted by molar-refractivity contribution is 5.93. The molecule has 2 aliphatic rings. The summed E-state index contributed by atoms with van der Waals surface area (Å²) in [5.41, 5.74) is 0.624. The Balaban J connectivity index is 1.22. The summed E-state index contributed by atoms with van der Waals surface area (Å²) in [6, 6.07) is 4.78. The van der Waals surface area contributed by atoms with Crippen LogP contribution in [0.1, 0.15) is 28.2 Å². The van der Waals surface area contributed by atoms with Crippen molar-refractivity contribution in [2.24, 2.45) is 0 Å². The van der Waals surface area contributed by atoms with Crippen LogP contribution < -0.4 is 15.8 Å². The Hall–Kier alpha value is -3.54. The van der Waals surface area contributed by atoms with Gasteiger partial charge in [0, 0.05) is 44.7 Å². The number of fused-ring (bicyclic) bond motifs is 1. The van der Waals surface area contributed by atoms with Crippen LogP contribution in [0.5, 0.6) is 0 Å². The molecule has 2 N–H and O–H groups in total. The van der Waals surface area contributed by atoms with Gasteiger partial charge >= 0.3 is 0 Å². The van der Waals surface area contributed by atoms with Gasteiger partial charge in [0.25, 0.3) is 17.4 Å². The van der Waals surface area contributed by atoms with Crippen molar-refractivity contribution in [1.82, 2.24) is 25.2 Å². The summed E-state index contributed by atoms with van der Waals surface area (Å²) in [6.45, 7) is 3.75. The van der Waals surface area contributed by atoms with E-state index in [1.165, 1.54) is 12.1 Å². The van der Waals surface area contributed by atoms with Crippen molar-refractivity contribution in [2.75, 3.05) is 31.1 Å². The summed E-state index contributed by atoms with van der Waals surface area (Å²) in [7, 11) is 0. The van der Waals surface area contributed by atoms with Gasteiger partial charge in [-0.3, -0.25) is 14.5 Å². The molecule has 1 amide bonds. The molecule has 0 radical (unpaired) electrons. The van der Waals surface area contributed by atoms with Gasteiger partial charge in [0.2, 0.25) is 5.95 Å². The topological polar surface area (TPSA) is 94.2 Å². The Morgan fingerprint density at radius 3 is 2.51 bits per heavy atom. The number of benzene rings is 1. The lowest BCUT2D eigenvalue weighted by Gasteiger charge is -2.36.